The van der Waals surface area contributed by atoms with Gasteiger partial charge in [-0.3, -0.25) is 19.2 Å². The predicted octanol–water partition coefficient (Wildman–Crippen LogP) is -0.504. The number of nitrogens with one attached hydrogen (secondary N) is 2. The first kappa shape index (κ1) is 28.8. The van der Waals surface area contributed by atoms with Crippen LogP contribution in [0.2, 0.25) is 0 Å². The van der Waals surface area contributed by atoms with Crippen molar-refractivity contribution in [3.63, 3.8) is 0 Å². The van der Waals surface area contributed by atoms with Gasteiger partial charge in [-0.2, -0.15) is 11.8 Å². The van der Waals surface area contributed by atoms with Crippen LogP contribution in [0.5, 0.6) is 0 Å². The molecule has 0 radical (unpaired) electrons. The van der Waals surface area contributed by atoms with Crippen molar-refractivity contribution < 1.29 is 39.3 Å². The van der Waals surface area contributed by atoms with E-state index in [1.165, 1.54) is 0 Å². The molecular weight excluding hydrogens is 430 g/mol. The van der Waals surface area contributed by atoms with Crippen LogP contribution in [0.15, 0.2) is 0 Å². The Morgan fingerprint density at radius 3 is 2.35 bits per heavy atom. The van der Waals surface area contributed by atoms with Gasteiger partial charge in [-0.05, 0) is 12.8 Å². The van der Waals surface area contributed by atoms with Gasteiger partial charge in [0, 0.05) is 23.8 Å². The zero-order valence-corrected chi connectivity index (χ0v) is 18.4. The zero-order valence-electron chi connectivity index (χ0n) is 17.6. The second-order valence-electron chi connectivity index (χ2n) is 7.05. The van der Waals surface area contributed by atoms with Crippen LogP contribution in [-0.2, 0) is 24.0 Å². The summed E-state index contributed by atoms with van der Waals surface area (Å²) >= 11 is 1.13. The molecule has 178 valence electrons. The van der Waals surface area contributed by atoms with Crippen molar-refractivity contribution in [1.29, 1.82) is 0 Å². The molecule has 0 aliphatic rings. The molecule has 4 unspecified atom stereocenters. The molecule has 0 saturated carbocycles. The molecular formula is C19H33N3O8S. The lowest BCUT2D eigenvalue weighted by molar-refractivity contribution is -0.139. The third-order valence-electron chi connectivity index (χ3n) is 4.40. The van der Waals surface area contributed by atoms with E-state index < -0.39 is 53.7 Å². The van der Waals surface area contributed by atoms with Gasteiger partial charge in [-0.15, -0.1) is 0 Å². The quantitative estimate of drug-likeness (QED) is 0.114. The van der Waals surface area contributed by atoms with Crippen LogP contribution in [0.3, 0.4) is 0 Å². The molecule has 0 bridgehead atoms. The van der Waals surface area contributed by atoms with Gasteiger partial charge in [-0.25, -0.2) is 0 Å². The number of carboxylic acid groups (broad SMARTS) is 2. The topological polar surface area (TPSA) is 196 Å². The SMILES string of the molecule is CCCCCC(O)C(CC=O)SCC(NC(=O)CCC(N)C(=O)O)C(=O)NCC(=O)O. The summed E-state index contributed by atoms with van der Waals surface area (Å²) < 4.78 is 0. The van der Waals surface area contributed by atoms with Crippen LogP contribution < -0.4 is 16.4 Å². The van der Waals surface area contributed by atoms with E-state index in [4.69, 9.17) is 15.9 Å². The van der Waals surface area contributed by atoms with E-state index in [1.807, 2.05) is 6.92 Å². The van der Waals surface area contributed by atoms with Gasteiger partial charge in [0.15, 0.2) is 0 Å². The van der Waals surface area contributed by atoms with Gasteiger partial charge < -0.3 is 36.5 Å². The molecule has 0 spiro atoms. The normalized spacial score (nSPS) is 14.7. The summed E-state index contributed by atoms with van der Waals surface area (Å²) in [5, 5.41) is 32.0. The van der Waals surface area contributed by atoms with Crippen molar-refractivity contribution in [3.05, 3.63) is 0 Å². The second-order valence-corrected chi connectivity index (χ2v) is 8.32. The van der Waals surface area contributed by atoms with Crippen molar-refractivity contribution in [2.75, 3.05) is 12.3 Å². The molecule has 0 aliphatic heterocycles. The average molecular weight is 464 g/mol. The number of hydrogen-bond donors (Lipinski definition) is 6. The average Bonchev–Trinajstić information content (AvgIpc) is 2.71. The summed E-state index contributed by atoms with van der Waals surface area (Å²) in [5.74, 6) is -3.89. The Morgan fingerprint density at radius 1 is 1.13 bits per heavy atom. The fraction of sp³-hybridized carbons (Fsp3) is 0.737. The van der Waals surface area contributed by atoms with Gasteiger partial charge in [0.2, 0.25) is 11.8 Å². The zero-order chi connectivity index (χ0) is 23.8. The highest BCUT2D eigenvalue weighted by atomic mass is 32.2. The second kappa shape index (κ2) is 16.5. The molecule has 0 aliphatic carbocycles. The number of carbonyl (C=O) groups is 5. The first-order valence-electron chi connectivity index (χ1n) is 10.1. The van der Waals surface area contributed by atoms with Crippen LogP contribution in [0.1, 0.15) is 51.9 Å². The maximum absolute atomic E-state index is 12.3. The monoisotopic (exact) mass is 463 g/mol. The van der Waals surface area contributed by atoms with Gasteiger partial charge in [0.1, 0.15) is 24.9 Å². The smallest absolute Gasteiger partial charge is 0.322 e. The number of aliphatic hydroxyl groups is 1. The Bertz CT molecular complexity index is 605. The predicted molar refractivity (Wildman–Crippen MR) is 114 cm³/mol. The van der Waals surface area contributed by atoms with Crippen LogP contribution in [0.4, 0.5) is 0 Å². The number of hydrogen-bond acceptors (Lipinski definition) is 8. The van der Waals surface area contributed by atoms with E-state index in [0.717, 1.165) is 31.0 Å². The number of nitrogens with two attached hydrogens (primary N) is 1. The van der Waals surface area contributed by atoms with Crippen LogP contribution in [0, 0.1) is 0 Å². The lowest BCUT2D eigenvalue weighted by Gasteiger charge is -2.24. The van der Waals surface area contributed by atoms with E-state index in [0.29, 0.717) is 12.7 Å². The summed E-state index contributed by atoms with van der Waals surface area (Å²) in [6, 6.07) is -2.36. The first-order chi connectivity index (χ1) is 14.6. The lowest BCUT2D eigenvalue weighted by atomic mass is 10.1. The molecule has 0 aromatic heterocycles. The molecule has 0 aromatic carbocycles. The van der Waals surface area contributed by atoms with E-state index >= 15 is 0 Å². The Balaban J connectivity index is 5.02. The van der Waals surface area contributed by atoms with Gasteiger partial charge in [0.25, 0.3) is 0 Å². The molecule has 11 nitrogen and oxygen atoms in total. The third kappa shape index (κ3) is 13.7. The van der Waals surface area contributed by atoms with Crippen molar-refractivity contribution in [1.82, 2.24) is 10.6 Å². The van der Waals surface area contributed by atoms with Crippen molar-refractivity contribution in [2.45, 2.75) is 75.3 Å². The van der Waals surface area contributed by atoms with Gasteiger partial charge >= 0.3 is 11.9 Å². The summed E-state index contributed by atoms with van der Waals surface area (Å²) in [4.78, 5) is 56.9. The Kier molecular flexibility index (Phi) is 15.3. The van der Waals surface area contributed by atoms with Gasteiger partial charge in [0.05, 0.1) is 6.10 Å². The lowest BCUT2D eigenvalue weighted by Crippen LogP contribution is -2.50. The fourth-order valence-electron chi connectivity index (χ4n) is 2.59. The maximum Gasteiger partial charge on any atom is 0.322 e. The molecule has 0 aromatic rings. The summed E-state index contributed by atoms with van der Waals surface area (Å²) in [6.07, 6.45) is 2.78. The van der Waals surface area contributed by atoms with Crippen molar-refractivity contribution in [2.24, 2.45) is 5.73 Å². The van der Waals surface area contributed by atoms with Gasteiger partial charge in [-0.1, -0.05) is 26.2 Å². The molecule has 0 heterocycles. The summed E-state index contributed by atoms with van der Waals surface area (Å²) in [6.45, 7) is 1.38. The van der Waals surface area contributed by atoms with E-state index in [-0.39, 0.29) is 25.0 Å². The number of amides is 2. The number of rotatable bonds is 18. The molecule has 0 saturated heterocycles. The Morgan fingerprint density at radius 2 is 1.81 bits per heavy atom. The molecule has 12 heteroatoms. The highest BCUT2D eigenvalue weighted by molar-refractivity contribution is 8.00. The fourth-order valence-corrected chi connectivity index (χ4v) is 3.83. The molecule has 4 atom stereocenters. The molecule has 0 rings (SSSR count). The third-order valence-corrected chi connectivity index (χ3v) is 5.86. The standard InChI is InChI=1S/C19H33N3O8S/c1-2-3-4-5-14(24)15(8-9-23)31-11-13(18(28)21-10-17(26)27)22-16(25)7-6-12(20)19(29)30/h9,12-15,24H,2-8,10-11,20H2,1H3,(H,21,28)(H,22,25)(H,26,27)(H,29,30). The van der Waals surface area contributed by atoms with Crippen molar-refractivity contribution in [3.8, 4) is 0 Å². The number of unbranched alkanes of at least 4 members (excludes halogenated alkanes) is 2. The first-order valence-corrected chi connectivity index (χ1v) is 11.2. The number of aldehydes is 1. The number of carbonyl (C=O) groups excluding carboxylic acids is 3. The minimum absolute atomic E-state index is 0.00841. The number of thioether (sulfide) groups is 1. The number of aliphatic hydroxyl groups excluding tert-OH is 1. The maximum atomic E-state index is 12.3. The molecule has 31 heavy (non-hydrogen) atoms. The van der Waals surface area contributed by atoms with E-state index in [1.54, 1.807) is 0 Å². The minimum Gasteiger partial charge on any atom is -0.480 e. The van der Waals surface area contributed by atoms with E-state index in [9.17, 15) is 29.1 Å². The van der Waals surface area contributed by atoms with Crippen LogP contribution in [-0.4, -0.2) is 81.1 Å². The number of aliphatic carboxylic acids is 2. The van der Waals surface area contributed by atoms with Crippen LogP contribution >= 0.6 is 11.8 Å². The Hall–Kier alpha value is -2.18. The highest BCUT2D eigenvalue weighted by Gasteiger charge is 2.26. The summed E-state index contributed by atoms with van der Waals surface area (Å²) in [7, 11) is 0. The molecule has 2 amide bonds. The molecule has 0 fully saturated rings. The Labute approximate surface area is 185 Å². The molecule has 7 N–H and O–H groups in total. The van der Waals surface area contributed by atoms with E-state index in [2.05, 4.69) is 10.6 Å². The number of carboxylic acids is 2. The highest BCUT2D eigenvalue weighted by Crippen LogP contribution is 2.22. The largest absolute Gasteiger partial charge is 0.480 e. The van der Waals surface area contributed by atoms with Crippen molar-refractivity contribution >= 4 is 41.8 Å². The minimum atomic E-state index is -1.26. The van der Waals surface area contributed by atoms with Crippen LogP contribution in [0.25, 0.3) is 0 Å². The summed E-state index contributed by atoms with van der Waals surface area (Å²) in [5.41, 5.74) is 5.36.